The fraction of sp³-hybridized carbons (Fsp3) is 0.421. The normalized spacial score (nSPS) is 15.7. The first kappa shape index (κ1) is 19.5. The number of hydrogen-bond donors (Lipinski definition) is 1. The molecule has 4 rings (SSSR count). The smallest absolute Gasteiger partial charge is 0.231 e. The van der Waals surface area contributed by atoms with Crippen molar-refractivity contribution in [3.8, 4) is 5.69 Å². The van der Waals surface area contributed by atoms with Crippen molar-refractivity contribution < 1.29 is 8.91 Å². The van der Waals surface area contributed by atoms with E-state index in [1.807, 2.05) is 18.5 Å². The summed E-state index contributed by atoms with van der Waals surface area (Å²) in [6, 6.07) is 6.28. The zero-order chi connectivity index (χ0) is 18.3. The molecule has 8 heteroatoms. The summed E-state index contributed by atoms with van der Waals surface area (Å²) in [6.45, 7) is 3.93. The molecule has 2 N–H and O–H groups in total. The largest absolute Gasteiger partial charge is 0.339 e. The quantitative estimate of drug-likeness (QED) is 0.732. The van der Waals surface area contributed by atoms with Crippen LogP contribution in [0.15, 0.2) is 28.8 Å². The Morgan fingerprint density at radius 1 is 1.19 bits per heavy atom. The molecular weight excluding hydrogens is 369 g/mol. The van der Waals surface area contributed by atoms with Crippen LogP contribution in [0.2, 0.25) is 0 Å². The van der Waals surface area contributed by atoms with Crippen molar-refractivity contribution >= 4 is 12.4 Å². The van der Waals surface area contributed by atoms with Crippen LogP contribution in [0.25, 0.3) is 5.69 Å². The first-order chi connectivity index (χ1) is 12.5. The Morgan fingerprint density at radius 2 is 1.85 bits per heavy atom. The third-order valence-corrected chi connectivity index (χ3v) is 5.25. The molecule has 27 heavy (non-hydrogen) atoms. The highest BCUT2D eigenvalue weighted by Gasteiger charge is 2.36. The lowest BCUT2D eigenvalue weighted by Gasteiger charge is -2.17. The van der Waals surface area contributed by atoms with Gasteiger partial charge in [-0.05, 0) is 51.0 Å². The Kier molecular flexibility index (Phi) is 5.35. The van der Waals surface area contributed by atoms with Crippen molar-refractivity contribution in [3.05, 3.63) is 58.7 Å². The van der Waals surface area contributed by atoms with E-state index in [2.05, 4.69) is 15.2 Å². The minimum absolute atomic E-state index is 0. The van der Waals surface area contributed by atoms with Crippen molar-refractivity contribution in [2.75, 3.05) is 0 Å². The molecule has 3 aromatic rings. The number of hydrogen-bond acceptors (Lipinski definition) is 5. The second kappa shape index (κ2) is 7.40. The highest BCUT2D eigenvalue weighted by molar-refractivity contribution is 5.85. The van der Waals surface area contributed by atoms with Crippen LogP contribution >= 0.6 is 12.4 Å². The molecule has 0 spiro atoms. The van der Waals surface area contributed by atoms with Crippen LogP contribution in [0, 0.1) is 19.7 Å². The third kappa shape index (κ3) is 3.61. The zero-order valence-corrected chi connectivity index (χ0v) is 16.2. The number of benzene rings is 1. The molecule has 0 amide bonds. The maximum Gasteiger partial charge on any atom is 0.231 e. The molecule has 6 nitrogen and oxygen atoms in total. The van der Waals surface area contributed by atoms with Crippen LogP contribution in [0.4, 0.5) is 4.39 Å². The van der Waals surface area contributed by atoms with Gasteiger partial charge in [0.15, 0.2) is 5.82 Å². The minimum Gasteiger partial charge on any atom is -0.339 e. The number of nitrogens with zero attached hydrogens (tertiary/aromatic N) is 4. The summed E-state index contributed by atoms with van der Waals surface area (Å²) >= 11 is 0. The minimum atomic E-state index is -0.454. The van der Waals surface area contributed by atoms with E-state index in [1.54, 1.807) is 12.1 Å². The number of nitrogens with two attached hydrogens (primary N) is 1. The van der Waals surface area contributed by atoms with E-state index in [-0.39, 0.29) is 18.2 Å². The number of rotatable bonds is 4. The van der Waals surface area contributed by atoms with E-state index in [0.29, 0.717) is 18.1 Å². The Morgan fingerprint density at radius 3 is 2.52 bits per heavy atom. The summed E-state index contributed by atoms with van der Waals surface area (Å²) in [5.74, 6) is 0.879. The van der Waals surface area contributed by atoms with Crippen molar-refractivity contribution in [1.29, 1.82) is 0 Å². The van der Waals surface area contributed by atoms with Gasteiger partial charge in [-0.15, -0.1) is 12.4 Å². The summed E-state index contributed by atoms with van der Waals surface area (Å²) in [4.78, 5) is 4.55. The average molecular weight is 392 g/mol. The summed E-state index contributed by atoms with van der Waals surface area (Å²) in [5, 5.41) is 8.70. The SMILES string of the molecule is Cc1nn(-c2ccc(F)cc2)c(C)c1Cc1nc(C2(N)CCCC2)no1.Cl. The first-order valence-electron chi connectivity index (χ1n) is 8.89. The van der Waals surface area contributed by atoms with Crippen LogP contribution in [0.3, 0.4) is 0 Å². The van der Waals surface area contributed by atoms with Gasteiger partial charge in [0.2, 0.25) is 5.89 Å². The summed E-state index contributed by atoms with van der Waals surface area (Å²) in [5.41, 5.74) is 9.65. The molecule has 0 bridgehead atoms. The molecule has 1 aliphatic rings. The molecule has 2 aromatic heterocycles. The van der Waals surface area contributed by atoms with Crippen molar-refractivity contribution in [2.45, 2.75) is 51.5 Å². The molecule has 1 saturated carbocycles. The van der Waals surface area contributed by atoms with Gasteiger partial charge in [0.25, 0.3) is 0 Å². The number of aryl methyl sites for hydroxylation is 1. The van der Waals surface area contributed by atoms with E-state index in [1.165, 1.54) is 12.1 Å². The predicted octanol–water partition coefficient (Wildman–Crippen LogP) is 3.75. The van der Waals surface area contributed by atoms with Crippen LogP contribution in [0.1, 0.15) is 54.3 Å². The predicted molar refractivity (Wildman–Crippen MR) is 102 cm³/mol. The molecule has 0 unspecified atom stereocenters. The fourth-order valence-corrected chi connectivity index (χ4v) is 3.67. The van der Waals surface area contributed by atoms with Gasteiger partial charge in [0.1, 0.15) is 5.82 Å². The van der Waals surface area contributed by atoms with Gasteiger partial charge in [0.05, 0.1) is 23.3 Å². The molecule has 0 saturated heterocycles. The summed E-state index contributed by atoms with van der Waals surface area (Å²) < 4.78 is 20.4. The number of halogens is 2. The van der Waals surface area contributed by atoms with Crippen LogP contribution in [0.5, 0.6) is 0 Å². The molecular formula is C19H23ClFN5O. The monoisotopic (exact) mass is 391 g/mol. The van der Waals surface area contributed by atoms with Gasteiger partial charge < -0.3 is 10.3 Å². The lowest BCUT2D eigenvalue weighted by atomic mass is 9.98. The standard InChI is InChI=1S/C19H22FN5O.ClH/c1-12-16(13(2)25(23-12)15-7-5-14(20)6-8-15)11-17-22-18(24-26-17)19(21)9-3-4-10-19;/h5-8H,3-4,9-11,21H2,1-2H3;1H. The molecule has 1 aromatic carbocycles. The second-order valence-electron chi connectivity index (χ2n) is 7.09. The van der Waals surface area contributed by atoms with Gasteiger partial charge in [-0.3, -0.25) is 0 Å². The maximum absolute atomic E-state index is 13.2. The second-order valence-corrected chi connectivity index (χ2v) is 7.09. The van der Waals surface area contributed by atoms with Crippen molar-refractivity contribution in [2.24, 2.45) is 5.73 Å². The van der Waals surface area contributed by atoms with E-state index >= 15 is 0 Å². The van der Waals surface area contributed by atoms with Gasteiger partial charge in [-0.1, -0.05) is 18.0 Å². The van der Waals surface area contributed by atoms with E-state index in [9.17, 15) is 4.39 Å². The highest BCUT2D eigenvalue weighted by atomic mass is 35.5. The van der Waals surface area contributed by atoms with E-state index in [4.69, 9.17) is 10.3 Å². The molecule has 2 heterocycles. The average Bonchev–Trinajstić information content (AvgIpc) is 3.33. The Hall–Kier alpha value is -2.25. The lowest BCUT2D eigenvalue weighted by molar-refractivity contribution is 0.352. The lowest BCUT2D eigenvalue weighted by Crippen LogP contribution is -2.34. The van der Waals surface area contributed by atoms with Crippen molar-refractivity contribution in [1.82, 2.24) is 19.9 Å². The van der Waals surface area contributed by atoms with Gasteiger partial charge in [-0.2, -0.15) is 10.1 Å². The van der Waals surface area contributed by atoms with Crippen LogP contribution < -0.4 is 5.73 Å². The molecule has 0 atom stereocenters. The molecule has 144 valence electrons. The van der Waals surface area contributed by atoms with Gasteiger partial charge >= 0.3 is 0 Å². The zero-order valence-electron chi connectivity index (χ0n) is 15.4. The molecule has 1 aliphatic carbocycles. The van der Waals surface area contributed by atoms with Crippen LogP contribution in [-0.4, -0.2) is 19.9 Å². The molecule has 1 fully saturated rings. The van der Waals surface area contributed by atoms with Crippen molar-refractivity contribution in [3.63, 3.8) is 0 Å². The highest BCUT2D eigenvalue weighted by Crippen LogP contribution is 2.34. The third-order valence-electron chi connectivity index (χ3n) is 5.25. The fourth-order valence-electron chi connectivity index (χ4n) is 3.67. The summed E-state index contributed by atoms with van der Waals surface area (Å²) in [7, 11) is 0. The van der Waals surface area contributed by atoms with E-state index < -0.39 is 5.54 Å². The Labute approximate surface area is 163 Å². The summed E-state index contributed by atoms with van der Waals surface area (Å²) in [6.07, 6.45) is 4.49. The number of aromatic nitrogens is 4. The first-order valence-corrected chi connectivity index (χ1v) is 8.89. The Bertz CT molecular complexity index is 928. The molecule has 0 aliphatic heterocycles. The molecule has 0 radical (unpaired) electrons. The van der Waals surface area contributed by atoms with Gasteiger partial charge in [-0.25, -0.2) is 9.07 Å². The van der Waals surface area contributed by atoms with Gasteiger partial charge in [0, 0.05) is 11.3 Å². The van der Waals surface area contributed by atoms with Crippen LogP contribution in [-0.2, 0) is 12.0 Å². The van der Waals surface area contributed by atoms with E-state index in [0.717, 1.165) is 48.3 Å². The topological polar surface area (TPSA) is 82.8 Å². The maximum atomic E-state index is 13.2. The Balaban J connectivity index is 0.00000210.